The number of hydrogen-bond donors (Lipinski definition) is 0. The Bertz CT molecular complexity index is 1460. The van der Waals surface area contributed by atoms with Crippen LogP contribution >= 0.6 is 0 Å². The first-order valence-corrected chi connectivity index (χ1v) is 31.2. The van der Waals surface area contributed by atoms with Crippen LogP contribution < -0.4 is 0 Å². The fourth-order valence-corrected chi connectivity index (χ4v) is 8.64. The van der Waals surface area contributed by atoms with Crippen molar-refractivity contribution >= 4 is 17.9 Å². The highest BCUT2D eigenvalue weighted by molar-refractivity contribution is 5.71. The molecule has 0 aliphatic heterocycles. The molecule has 0 N–H and O–H groups in total. The quantitative estimate of drug-likeness (QED) is 0.0261. The fourth-order valence-electron chi connectivity index (χ4n) is 8.64. The van der Waals surface area contributed by atoms with E-state index in [9.17, 15) is 14.4 Å². The van der Waals surface area contributed by atoms with Crippen molar-refractivity contribution in [3.63, 3.8) is 0 Å². The molecule has 0 bridgehead atoms. The SMILES string of the molecule is CC/C=C\C/C=C\C/C=C\C/C=C\C/C=C\C/C=C\CCC(=O)OC(COC(=O)CCCCCCC/C=C\CCC)COC(=O)CCCCCCCCCCCCCCCCC/C=C\CCCCCCCCCC. The summed E-state index contributed by atoms with van der Waals surface area (Å²) < 4.78 is 16.8. The molecule has 0 spiro atoms. The van der Waals surface area contributed by atoms with Gasteiger partial charge in [0.25, 0.3) is 0 Å². The van der Waals surface area contributed by atoms with Gasteiger partial charge in [-0.3, -0.25) is 14.4 Å². The summed E-state index contributed by atoms with van der Waals surface area (Å²) >= 11 is 0. The molecule has 0 saturated heterocycles. The van der Waals surface area contributed by atoms with Gasteiger partial charge in [0.15, 0.2) is 6.10 Å². The van der Waals surface area contributed by atoms with Gasteiger partial charge in [-0.15, -0.1) is 0 Å². The maximum absolute atomic E-state index is 12.8. The van der Waals surface area contributed by atoms with E-state index in [0.717, 1.165) is 96.3 Å². The molecule has 0 amide bonds. The first-order chi connectivity index (χ1) is 36.5. The molecule has 0 fully saturated rings. The summed E-state index contributed by atoms with van der Waals surface area (Å²) in [4.78, 5) is 38.1. The topological polar surface area (TPSA) is 78.9 Å². The van der Waals surface area contributed by atoms with Crippen LogP contribution in [0.25, 0.3) is 0 Å². The predicted molar refractivity (Wildman–Crippen MR) is 320 cm³/mol. The molecule has 6 heteroatoms. The van der Waals surface area contributed by atoms with Gasteiger partial charge in [0.05, 0.1) is 0 Å². The van der Waals surface area contributed by atoms with Crippen LogP contribution in [0.5, 0.6) is 0 Å². The first-order valence-electron chi connectivity index (χ1n) is 31.2. The largest absolute Gasteiger partial charge is 0.462 e. The number of allylic oxidation sites excluding steroid dienone is 16. The van der Waals surface area contributed by atoms with Gasteiger partial charge in [0, 0.05) is 19.3 Å². The van der Waals surface area contributed by atoms with Crippen molar-refractivity contribution < 1.29 is 28.6 Å². The van der Waals surface area contributed by atoms with E-state index in [1.165, 1.54) is 154 Å². The number of carbonyl (C=O) groups excluding carboxylic acids is 3. The molecular formula is C68H116O6. The minimum atomic E-state index is -0.821. The maximum atomic E-state index is 12.8. The first kappa shape index (κ1) is 70.3. The Kier molecular flexibility index (Phi) is 58.8. The molecule has 0 aliphatic carbocycles. The zero-order chi connectivity index (χ0) is 53.6. The Morgan fingerprint density at radius 3 is 0.932 bits per heavy atom. The molecular weight excluding hydrogens is 913 g/mol. The van der Waals surface area contributed by atoms with Crippen LogP contribution in [-0.4, -0.2) is 37.2 Å². The third-order valence-corrected chi connectivity index (χ3v) is 13.3. The van der Waals surface area contributed by atoms with Gasteiger partial charge >= 0.3 is 17.9 Å². The van der Waals surface area contributed by atoms with Crippen LogP contribution in [0, 0.1) is 0 Å². The summed E-state index contributed by atoms with van der Waals surface area (Å²) in [6.45, 7) is 6.41. The lowest BCUT2D eigenvalue weighted by atomic mass is 10.0. The Balaban J connectivity index is 4.28. The van der Waals surface area contributed by atoms with Crippen molar-refractivity contribution in [2.45, 2.75) is 303 Å². The molecule has 0 aromatic carbocycles. The summed E-state index contributed by atoms with van der Waals surface area (Å²) in [6.07, 6.45) is 83.0. The van der Waals surface area contributed by atoms with E-state index in [0.29, 0.717) is 19.3 Å². The third-order valence-electron chi connectivity index (χ3n) is 13.3. The normalized spacial score (nSPS) is 12.7. The van der Waals surface area contributed by atoms with E-state index < -0.39 is 12.1 Å². The summed E-state index contributed by atoms with van der Waals surface area (Å²) in [5, 5.41) is 0. The Hall–Kier alpha value is -3.67. The van der Waals surface area contributed by atoms with Gasteiger partial charge in [-0.1, -0.05) is 272 Å². The molecule has 0 aromatic rings. The van der Waals surface area contributed by atoms with Crippen molar-refractivity contribution in [3.05, 3.63) is 97.2 Å². The number of carbonyl (C=O) groups is 3. The van der Waals surface area contributed by atoms with Crippen LogP contribution in [-0.2, 0) is 28.6 Å². The Morgan fingerprint density at radius 1 is 0.284 bits per heavy atom. The van der Waals surface area contributed by atoms with Gasteiger partial charge in [-0.25, -0.2) is 0 Å². The second-order valence-corrected chi connectivity index (χ2v) is 20.6. The monoisotopic (exact) mass is 1030 g/mol. The van der Waals surface area contributed by atoms with E-state index in [-0.39, 0.29) is 31.6 Å². The highest BCUT2D eigenvalue weighted by atomic mass is 16.6. The zero-order valence-corrected chi connectivity index (χ0v) is 48.6. The second-order valence-electron chi connectivity index (χ2n) is 20.6. The second kappa shape index (κ2) is 61.9. The van der Waals surface area contributed by atoms with E-state index in [4.69, 9.17) is 14.2 Å². The predicted octanol–water partition coefficient (Wildman–Crippen LogP) is 21.3. The number of esters is 3. The molecule has 0 saturated carbocycles. The highest BCUT2D eigenvalue weighted by Crippen LogP contribution is 2.16. The standard InChI is InChI=1S/C68H116O6/c1-4-7-10-13-16-19-22-24-26-28-30-31-32-33-34-35-36-37-39-40-42-44-46-49-52-55-58-61-67(70)73-64-65(63-72-66(69)60-57-54-51-48-21-18-15-12-9-6-3)74-68(71)62-59-56-53-50-47-45-43-41-38-29-27-25-23-20-17-14-11-8-5-2/h8,11-12,15,17,20,25,27-28,30,38,41,45,47,53,56,65H,4-7,9-10,13-14,16,18-19,21-24,26,29,31-37,39-40,42-44,46,48-52,54-55,57-64H2,1-3H3/b11-8-,15-12-,20-17-,27-25-,30-28-,41-38-,47-45-,56-53-. The zero-order valence-electron chi connectivity index (χ0n) is 48.6. The van der Waals surface area contributed by atoms with Gasteiger partial charge in [0.1, 0.15) is 13.2 Å². The number of unbranched alkanes of at least 4 members (excludes halogenated alkanes) is 29. The summed E-state index contributed by atoms with van der Waals surface area (Å²) in [6, 6.07) is 0. The lowest BCUT2D eigenvalue weighted by Gasteiger charge is -2.18. The van der Waals surface area contributed by atoms with Crippen LogP contribution in [0.4, 0.5) is 0 Å². The van der Waals surface area contributed by atoms with E-state index in [1.54, 1.807) is 0 Å². The molecule has 6 nitrogen and oxygen atoms in total. The lowest BCUT2D eigenvalue weighted by Crippen LogP contribution is -2.30. The summed E-state index contributed by atoms with van der Waals surface area (Å²) in [7, 11) is 0. The molecule has 1 atom stereocenters. The molecule has 1 unspecified atom stereocenters. The Labute approximate surface area is 457 Å². The van der Waals surface area contributed by atoms with E-state index >= 15 is 0 Å². The molecule has 0 heterocycles. The fraction of sp³-hybridized carbons (Fsp3) is 0.721. The van der Waals surface area contributed by atoms with Gasteiger partial charge in [-0.2, -0.15) is 0 Å². The van der Waals surface area contributed by atoms with Crippen molar-refractivity contribution in [1.82, 2.24) is 0 Å². The molecule has 74 heavy (non-hydrogen) atoms. The van der Waals surface area contributed by atoms with E-state index in [2.05, 4.69) is 112 Å². The molecule has 0 rings (SSSR count). The molecule has 424 valence electrons. The van der Waals surface area contributed by atoms with E-state index in [1.807, 2.05) is 6.08 Å². The summed E-state index contributed by atoms with van der Waals surface area (Å²) in [5.74, 6) is -1.00. The average molecular weight is 1030 g/mol. The van der Waals surface area contributed by atoms with Gasteiger partial charge in [0.2, 0.25) is 0 Å². The number of hydrogen-bond acceptors (Lipinski definition) is 6. The van der Waals surface area contributed by atoms with Crippen LogP contribution in [0.2, 0.25) is 0 Å². The third kappa shape index (κ3) is 59.2. The smallest absolute Gasteiger partial charge is 0.306 e. The summed E-state index contributed by atoms with van der Waals surface area (Å²) in [5.41, 5.74) is 0. The van der Waals surface area contributed by atoms with Crippen LogP contribution in [0.3, 0.4) is 0 Å². The van der Waals surface area contributed by atoms with Crippen molar-refractivity contribution in [2.75, 3.05) is 13.2 Å². The number of ether oxygens (including phenoxy) is 3. The lowest BCUT2D eigenvalue weighted by molar-refractivity contribution is -0.166. The van der Waals surface area contributed by atoms with Gasteiger partial charge < -0.3 is 14.2 Å². The van der Waals surface area contributed by atoms with Crippen molar-refractivity contribution in [2.24, 2.45) is 0 Å². The molecule has 0 aromatic heterocycles. The van der Waals surface area contributed by atoms with Gasteiger partial charge in [-0.05, 0) is 103 Å². The molecule has 0 aliphatic rings. The van der Waals surface area contributed by atoms with Crippen LogP contribution in [0.1, 0.15) is 297 Å². The maximum Gasteiger partial charge on any atom is 0.306 e. The Morgan fingerprint density at radius 2 is 0.581 bits per heavy atom. The van der Waals surface area contributed by atoms with Crippen molar-refractivity contribution in [3.8, 4) is 0 Å². The highest BCUT2D eigenvalue weighted by Gasteiger charge is 2.19. The van der Waals surface area contributed by atoms with Crippen LogP contribution in [0.15, 0.2) is 97.2 Å². The number of rotatable bonds is 56. The minimum Gasteiger partial charge on any atom is -0.462 e. The average Bonchev–Trinajstić information content (AvgIpc) is 3.40. The molecule has 0 radical (unpaired) electrons. The van der Waals surface area contributed by atoms with Crippen molar-refractivity contribution in [1.29, 1.82) is 0 Å². The minimum absolute atomic E-state index is 0.109.